The zero-order valence-corrected chi connectivity index (χ0v) is 31.1. The second-order valence-electron chi connectivity index (χ2n) is 14.3. The summed E-state index contributed by atoms with van der Waals surface area (Å²) < 4.78 is 11.3. The van der Waals surface area contributed by atoms with E-state index in [2.05, 4.69) is 27.8 Å². The van der Waals surface area contributed by atoms with E-state index in [4.69, 9.17) is 21.1 Å². The Morgan fingerprint density at radius 3 is 2.60 bits per heavy atom. The normalized spacial score (nSPS) is 22.2. The van der Waals surface area contributed by atoms with E-state index in [1.165, 1.54) is 11.8 Å². The van der Waals surface area contributed by atoms with Crippen LogP contribution in [0.5, 0.6) is 5.75 Å². The van der Waals surface area contributed by atoms with Gasteiger partial charge in [0.05, 0.1) is 18.6 Å². The fourth-order valence-corrected chi connectivity index (χ4v) is 8.18. The highest BCUT2D eigenvalue weighted by molar-refractivity contribution is 7.99. The Bertz CT molecular complexity index is 1700. The highest BCUT2D eigenvalue weighted by Gasteiger charge is 2.63. The molecule has 11 nitrogen and oxygen atoms in total. The van der Waals surface area contributed by atoms with E-state index in [1.807, 2.05) is 55.7 Å². The van der Waals surface area contributed by atoms with E-state index in [0.29, 0.717) is 23.7 Å². The number of aromatic nitrogens is 1. The standard InChI is InChI=1S/C39H50ClN3O8S/c1-2-3-4-10-35(44)43-38(46,47)34-16-21-50-39(48,49)37(34,45)17-7-22-52-28-13-14-32(40)26(23-28)24-42-36(18-19-36)31-25-41-20-15-29(31)30-8-5-6-9-33(30)51-27-11-12-27/h5-6,8-9,13-15,20,23,25,27,34,42,45-49H,2-4,7,10-12,16-19,21-22,24H2,1H3,(H,43,44). The third-order valence-electron chi connectivity index (χ3n) is 10.4. The Morgan fingerprint density at radius 2 is 1.85 bits per heavy atom. The van der Waals surface area contributed by atoms with Gasteiger partial charge < -0.3 is 45.6 Å². The maximum Gasteiger partial charge on any atom is 0.309 e. The Hall–Kier alpha value is -2.78. The molecule has 0 spiro atoms. The first kappa shape index (κ1) is 38.9. The van der Waals surface area contributed by atoms with Gasteiger partial charge >= 0.3 is 5.97 Å². The maximum absolute atomic E-state index is 12.4. The van der Waals surface area contributed by atoms with Gasteiger partial charge in [-0.25, -0.2) is 0 Å². The van der Waals surface area contributed by atoms with Crippen LogP contribution in [-0.4, -0.2) is 72.4 Å². The summed E-state index contributed by atoms with van der Waals surface area (Å²) in [5.41, 5.74) is 1.48. The van der Waals surface area contributed by atoms with Crippen molar-refractivity contribution in [2.75, 3.05) is 12.4 Å². The zero-order chi connectivity index (χ0) is 37.0. The highest BCUT2D eigenvalue weighted by Crippen LogP contribution is 2.50. The molecule has 2 unspecified atom stereocenters. The van der Waals surface area contributed by atoms with Crippen LogP contribution in [0.3, 0.4) is 0 Å². The summed E-state index contributed by atoms with van der Waals surface area (Å²) in [6.07, 6.45) is 10.4. The van der Waals surface area contributed by atoms with Gasteiger partial charge in [-0.2, -0.15) is 0 Å². The number of para-hydroxylation sites is 1. The number of carbonyl (C=O) groups excluding carboxylic acids is 1. The summed E-state index contributed by atoms with van der Waals surface area (Å²) in [7, 11) is 0. The van der Waals surface area contributed by atoms with Gasteiger partial charge in [0, 0.05) is 46.4 Å². The lowest BCUT2D eigenvalue weighted by atomic mass is 9.75. The van der Waals surface area contributed by atoms with Gasteiger partial charge in [-0.3, -0.25) is 9.78 Å². The van der Waals surface area contributed by atoms with Crippen LogP contribution in [0.1, 0.15) is 88.7 Å². The predicted molar refractivity (Wildman–Crippen MR) is 198 cm³/mol. The lowest BCUT2D eigenvalue weighted by Crippen LogP contribution is -2.71. The van der Waals surface area contributed by atoms with Gasteiger partial charge in [0.2, 0.25) is 5.91 Å². The number of unbranched alkanes of at least 4 members (excludes halogenated alkanes) is 2. The summed E-state index contributed by atoms with van der Waals surface area (Å²) >= 11 is 8.18. The number of amides is 1. The summed E-state index contributed by atoms with van der Waals surface area (Å²) in [5, 5.41) is 61.2. The van der Waals surface area contributed by atoms with Gasteiger partial charge in [-0.15, -0.1) is 11.8 Å². The van der Waals surface area contributed by atoms with Crippen molar-refractivity contribution in [2.45, 2.75) is 118 Å². The number of hydrogen-bond donors (Lipinski definition) is 7. The minimum absolute atomic E-state index is 0.0762. The number of ether oxygens (including phenoxy) is 2. The molecule has 282 valence electrons. The number of nitrogens with zero attached hydrogens (tertiary/aromatic N) is 1. The van der Waals surface area contributed by atoms with Crippen LogP contribution >= 0.6 is 23.4 Å². The first-order valence-electron chi connectivity index (χ1n) is 18.3. The summed E-state index contributed by atoms with van der Waals surface area (Å²) in [6, 6.07) is 16.0. The monoisotopic (exact) mass is 755 g/mol. The number of benzene rings is 2. The minimum Gasteiger partial charge on any atom is -0.490 e. The van der Waals surface area contributed by atoms with Gasteiger partial charge in [0.15, 0.2) is 5.60 Å². The Morgan fingerprint density at radius 1 is 1.06 bits per heavy atom. The molecule has 2 aliphatic carbocycles. The topological polar surface area (TPSA) is 174 Å². The minimum atomic E-state index is -3.05. The van der Waals surface area contributed by atoms with E-state index in [0.717, 1.165) is 71.4 Å². The van der Waals surface area contributed by atoms with Crippen molar-refractivity contribution >= 4 is 29.3 Å². The molecule has 6 rings (SSSR count). The molecule has 2 atom stereocenters. The first-order valence-corrected chi connectivity index (χ1v) is 19.7. The zero-order valence-electron chi connectivity index (χ0n) is 29.5. The van der Waals surface area contributed by atoms with E-state index < -0.39 is 29.3 Å². The second kappa shape index (κ2) is 16.3. The van der Waals surface area contributed by atoms with E-state index in [9.17, 15) is 30.3 Å². The Balaban J connectivity index is 1.08. The summed E-state index contributed by atoms with van der Waals surface area (Å²) in [5.74, 6) is -6.71. The lowest BCUT2D eigenvalue weighted by molar-refractivity contribution is -0.457. The van der Waals surface area contributed by atoms with Crippen molar-refractivity contribution < 1.29 is 39.8 Å². The smallest absolute Gasteiger partial charge is 0.309 e. The van der Waals surface area contributed by atoms with Crippen LogP contribution in [-0.2, 0) is 21.6 Å². The molecule has 1 aliphatic heterocycles. The molecule has 1 aromatic heterocycles. The average Bonchev–Trinajstić information content (AvgIpc) is 4.06. The number of halogens is 1. The largest absolute Gasteiger partial charge is 0.490 e. The number of aliphatic hydroxyl groups is 5. The SMILES string of the molecule is CCCCCC(=O)NC(O)(O)C1CCOC(O)(O)C1(O)CCCSc1ccc(Cl)c(CNC2(c3cnccc3-c3ccccc3OC3CC3)CC2)c1. The van der Waals surface area contributed by atoms with Crippen molar-refractivity contribution in [3.05, 3.63) is 77.1 Å². The molecule has 7 N–H and O–H groups in total. The van der Waals surface area contributed by atoms with Gasteiger partial charge in [0.1, 0.15) is 5.75 Å². The summed E-state index contributed by atoms with van der Waals surface area (Å²) in [4.78, 5) is 17.8. The van der Waals surface area contributed by atoms with Crippen molar-refractivity contribution in [1.82, 2.24) is 15.6 Å². The molecule has 1 amide bonds. The number of carbonyl (C=O) groups is 1. The van der Waals surface area contributed by atoms with Crippen LogP contribution in [0.4, 0.5) is 0 Å². The number of thioether (sulfide) groups is 1. The molecule has 2 aromatic carbocycles. The fourth-order valence-electron chi connectivity index (χ4n) is 7.08. The third kappa shape index (κ3) is 8.94. The molecule has 3 aliphatic rings. The maximum atomic E-state index is 12.4. The number of nitrogens with one attached hydrogen (secondary N) is 2. The molecule has 3 fully saturated rings. The molecule has 1 saturated heterocycles. The number of rotatable bonds is 18. The Kier molecular flexibility index (Phi) is 12.2. The highest BCUT2D eigenvalue weighted by atomic mass is 35.5. The molecule has 2 heterocycles. The molecule has 52 heavy (non-hydrogen) atoms. The van der Waals surface area contributed by atoms with E-state index in [-0.39, 0.29) is 43.9 Å². The van der Waals surface area contributed by atoms with Gasteiger partial charge in [0.25, 0.3) is 5.91 Å². The van der Waals surface area contributed by atoms with Crippen LogP contribution in [0.15, 0.2) is 65.8 Å². The van der Waals surface area contributed by atoms with Crippen LogP contribution in [0, 0.1) is 5.92 Å². The quantitative estimate of drug-likeness (QED) is 0.0508. The van der Waals surface area contributed by atoms with Gasteiger partial charge in [-0.1, -0.05) is 49.6 Å². The van der Waals surface area contributed by atoms with Crippen molar-refractivity contribution in [2.24, 2.45) is 5.92 Å². The van der Waals surface area contributed by atoms with E-state index >= 15 is 0 Å². The molecule has 2 saturated carbocycles. The lowest BCUT2D eigenvalue weighted by Gasteiger charge is -2.50. The molecular weight excluding hydrogens is 706 g/mol. The number of hydrogen-bond acceptors (Lipinski definition) is 11. The predicted octanol–water partition coefficient (Wildman–Crippen LogP) is 5.34. The fraction of sp³-hybridized carbons (Fsp3) is 0.538. The molecule has 3 aromatic rings. The number of pyridine rings is 1. The average molecular weight is 756 g/mol. The van der Waals surface area contributed by atoms with Gasteiger partial charge in [-0.05, 0) is 104 Å². The Labute approximate surface area is 314 Å². The third-order valence-corrected chi connectivity index (χ3v) is 11.8. The first-order chi connectivity index (χ1) is 24.9. The summed E-state index contributed by atoms with van der Waals surface area (Å²) in [6.45, 7) is 2.26. The molecule has 0 bridgehead atoms. The molecule has 13 heteroatoms. The second-order valence-corrected chi connectivity index (χ2v) is 15.9. The van der Waals surface area contributed by atoms with E-state index in [1.54, 1.807) is 0 Å². The van der Waals surface area contributed by atoms with Crippen LogP contribution < -0.4 is 15.4 Å². The van der Waals surface area contributed by atoms with Crippen molar-refractivity contribution in [1.29, 1.82) is 0 Å². The van der Waals surface area contributed by atoms with Crippen LogP contribution in [0.2, 0.25) is 5.02 Å². The van der Waals surface area contributed by atoms with Crippen molar-refractivity contribution in [3.8, 4) is 16.9 Å². The molecular formula is C39H50ClN3O8S. The van der Waals surface area contributed by atoms with Crippen molar-refractivity contribution in [3.63, 3.8) is 0 Å². The van der Waals surface area contributed by atoms with Crippen LogP contribution in [0.25, 0.3) is 11.1 Å². The molecule has 0 radical (unpaired) electrons.